The predicted molar refractivity (Wildman–Crippen MR) is 34.9 cm³/mol. The van der Waals surface area contributed by atoms with E-state index in [9.17, 15) is 4.79 Å². The van der Waals surface area contributed by atoms with Gasteiger partial charge in [0.1, 0.15) is 0 Å². The van der Waals surface area contributed by atoms with E-state index in [0.29, 0.717) is 11.2 Å². The zero-order valence-electron chi connectivity index (χ0n) is 5.11. The fourth-order valence-electron chi connectivity index (χ4n) is 0.912. The molecule has 0 saturated carbocycles. The number of carbonyl (C=O) groups is 1. The third-order valence-electron chi connectivity index (χ3n) is 1.39. The molecule has 0 fully saturated rings. The molecule has 1 N–H and O–H groups in total. The van der Waals surface area contributed by atoms with Gasteiger partial charge in [0.05, 0.1) is 5.56 Å². The number of nitrogens with zero attached hydrogens (tertiary/aromatic N) is 2. The van der Waals surface area contributed by atoms with Crippen molar-refractivity contribution in [2.45, 2.75) is 0 Å². The molecule has 0 aliphatic heterocycles. The second-order valence-corrected chi connectivity index (χ2v) is 1.97. The van der Waals surface area contributed by atoms with E-state index in [-0.39, 0.29) is 0 Å². The summed E-state index contributed by atoms with van der Waals surface area (Å²) < 4.78 is 1.68. The summed E-state index contributed by atoms with van der Waals surface area (Å²) in [5, 5.41) is 2.84. The zero-order chi connectivity index (χ0) is 6.97. The Kier molecular flexibility index (Phi) is 0.887. The molecule has 0 aliphatic carbocycles. The van der Waals surface area contributed by atoms with Gasteiger partial charge in [-0.05, 0) is 0 Å². The first-order valence-electron chi connectivity index (χ1n) is 2.87. The molecule has 0 aliphatic rings. The monoisotopic (exact) mass is 135 g/mol. The van der Waals surface area contributed by atoms with Crippen molar-refractivity contribution in [3.63, 3.8) is 0 Å². The number of rotatable bonds is 1. The highest BCUT2D eigenvalue weighted by Crippen LogP contribution is 2.03. The molecular weight excluding hydrogens is 130 g/mol. The largest absolute Gasteiger partial charge is 0.299 e. The zero-order valence-corrected chi connectivity index (χ0v) is 5.11. The van der Waals surface area contributed by atoms with Crippen molar-refractivity contribution >= 4 is 11.9 Å². The van der Waals surface area contributed by atoms with Gasteiger partial charge in [0, 0.05) is 18.6 Å². The minimum atomic E-state index is 0.588. The highest BCUT2D eigenvalue weighted by molar-refractivity contribution is 5.83. The molecule has 0 unspecified atom stereocenters. The molecule has 4 nitrogen and oxygen atoms in total. The maximum atomic E-state index is 10.3. The summed E-state index contributed by atoms with van der Waals surface area (Å²) in [4.78, 5) is 14.3. The molecule has 2 heterocycles. The molecule has 0 aromatic carbocycles. The van der Waals surface area contributed by atoms with E-state index in [1.165, 1.54) is 0 Å². The minimum absolute atomic E-state index is 0.588. The average Bonchev–Trinajstić information content (AvgIpc) is 2.44. The van der Waals surface area contributed by atoms with E-state index >= 15 is 0 Å². The van der Waals surface area contributed by atoms with Crippen LogP contribution in [0.5, 0.6) is 0 Å². The van der Waals surface area contributed by atoms with Crippen molar-refractivity contribution in [2.24, 2.45) is 0 Å². The number of H-pyrrole nitrogens is 1. The van der Waals surface area contributed by atoms with Crippen LogP contribution in [0.25, 0.3) is 5.65 Å². The molecule has 0 radical (unpaired) electrons. The lowest BCUT2D eigenvalue weighted by molar-refractivity contribution is 0.112. The van der Waals surface area contributed by atoms with Gasteiger partial charge in [-0.1, -0.05) is 0 Å². The molecule has 0 amide bonds. The predicted octanol–water partition coefficient (Wildman–Crippen LogP) is 0.475. The molecule has 0 bridgehead atoms. The van der Waals surface area contributed by atoms with Gasteiger partial charge in [-0.15, -0.1) is 0 Å². The Morgan fingerprint density at radius 1 is 1.70 bits per heavy atom. The van der Waals surface area contributed by atoms with Gasteiger partial charge in [-0.3, -0.25) is 9.89 Å². The van der Waals surface area contributed by atoms with Gasteiger partial charge < -0.3 is 0 Å². The number of hydrogen-bond donors (Lipinski definition) is 1. The minimum Gasteiger partial charge on any atom is -0.299 e. The number of aromatic nitrogens is 3. The second-order valence-electron chi connectivity index (χ2n) is 1.97. The first-order valence-corrected chi connectivity index (χ1v) is 2.87. The smallest absolute Gasteiger partial charge is 0.163 e. The third-order valence-corrected chi connectivity index (χ3v) is 1.39. The van der Waals surface area contributed by atoms with Crippen LogP contribution in [0.15, 0.2) is 18.6 Å². The van der Waals surface area contributed by atoms with Crippen LogP contribution in [0.4, 0.5) is 0 Å². The molecule has 10 heavy (non-hydrogen) atoms. The molecule has 2 rings (SSSR count). The number of hydrogen-bond acceptors (Lipinski definition) is 2. The molecule has 0 saturated heterocycles. The fourth-order valence-corrected chi connectivity index (χ4v) is 0.912. The number of nitrogens with one attached hydrogen (secondary N) is 1. The number of fused-ring (bicyclic) bond motifs is 1. The molecule has 0 spiro atoms. The Labute approximate surface area is 56.5 Å². The number of aldehydes is 1. The summed E-state index contributed by atoms with van der Waals surface area (Å²) in [5.74, 6) is 0. The molecular formula is C6H5N3O. The number of imidazole rings is 1. The lowest BCUT2D eigenvalue weighted by atomic mass is 10.4. The first-order chi connectivity index (χ1) is 4.92. The summed E-state index contributed by atoms with van der Waals surface area (Å²) in [5.41, 5.74) is 1.26. The highest BCUT2D eigenvalue weighted by atomic mass is 16.1. The summed E-state index contributed by atoms with van der Waals surface area (Å²) in [6, 6.07) is 0. The van der Waals surface area contributed by atoms with E-state index in [4.69, 9.17) is 0 Å². The van der Waals surface area contributed by atoms with Crippen LogP contribution in [0.1, 0.15) is 10.4 Å². The summed E-state index contributed by atoms with van der Waals surface area (Å²) in [7, 11) is 0. The van der Waals surface area contributed by atoms with E-state index in [2.05, 4.69) is 10.1 Å². The lowest BCUT2D eigenvalue weighted by Gasteiger charge is -1.77. The number of aromatic amines is 1. The van der Waals surface area contributed by atoms with Gasteiger partial charge in [-0.2, -0.15) is 0 Å². The van der Waals surface area contributed by atoms with Crippen molar-refractivity contribution in [3.05, 3.63) is 24.2 Å². The van der Waals surface area contributed by atoms with Crippen molar-refractivity contribution in [3.8, 4) is 0 Å². The van der Waals surface area contributed by atoms with Crippen molar-refractivity contribution in [1.82, 2.24) is 14.6 Å². The molecule has 2 aromatic heterocycles. The molecule has 2 aromatic rings. The maximum absolute atomic E-state index is 10.3. The fraction of sp³-hybridized carbons (Fsp3) is 0. The summed E-state index contributed by atoms with van der Waals surface area (Å²) in [6.45, 7) is 0. The van der Waals surface area contributed by atoms with Crippen molar-refractivity contribution in [2.75, 3.05) is 0 Å². The van der Waals surface area contributed by atoms with E-state index < -0.39 is 0 Å². The lowest BCUT2D eigenvalue weighted by Crippen LogP contribution is -1.78. The van der Waals surface area contributed by atoms with Crippen LogP contribution in [-0.4, -0.2) is 20.9 Å². The average molecular weight is 135 g/mol. The van der Waals surface area contributed by atoms with Crippen LogP contribution in [0.2, 0.25) is 0 Å². The van der Waals surface area contributed by atoms with Gasteiger partial charge >= 0.3 is 0 Å². The Morgan fingerprint density at radius 2 is 2.60 bits per heavy atom. The van der Waals surface area contributed by atoms with Gasteiger partial charge in [0.2, 0.25) is 0 Å². The van der Waals surface area contributed by atoms with E-state index in [1.807, 2.05) is 0 Å². The Bertz CT molecular complexity index is 360. The van der Waals surface area contributed by atoms with Crippen molar-refractivity contribution < 1.29 is 4.79 Å². The first kappa shape index (κ1) is 5.22. The molecule has 50 valence electrons. The van der Waals surface area contributed by atoms with Gasteiger partial charge in [-0.25, -0.2) is 9.50 Å². The SMILES string of the molecule is O=Cc1c[nH]n2ccnc12. The third kappa shape index (κ3) is 0.500. The molecule has 4 heteroatoms. The van der Waals surface area contributed by atoms with Crippen molar-refractivity contribution in [1.29, 1.82) is 0 Å². The Morgan fingerprint density at radius 3 is 3.40 bits per heavy atom. The van der Waals surface area contributed by atoms with Gasteiger partial charge in [0.25, 0.3) is 0 Å². The normalized spacial score (nSPS) is 10.4. The standard InChI is InChI=1S/C6H5N3O/c10-4-5-3-8-9-2-1-7-6(5)9/h1-4,8H. The highest BCUT2D eigenvalue weighted by Gasteiger charge is 2.00. The van der Waals surface area contributed by atoms with Crippen LogP contribution in [0.3, 0.4) is 0 Å². The van der Waals surface area contributed by atoms with Gasteiger partial charge in [0.15, 0.2) is 11.9 Å². The topological polar surface area (TPSA) is 50.2 Å². The van der Waals surface area contributed by atoms with Crippen LogP contribution >= 0.6 is 0 Å². The number of carbonyl (C=O) groups excluding carboxylic acids is 1. The van der Waals surface area contributed by atoms with E-state index in [1.54, 1.807) is 23.1 Å². The van der Waals surface area contributed by atoms with Crippen LogP contribution in [0, 0.1) is 0 Å². The molecule has 0 atom stereocenters. The Balaban J connectivity index is 2.88. The summed E-state index contributed by atoms with van der Waals surface area (Å²) >= 11 is 0. The van der Waals surface area contributed by atoms with Crippen LogP contribution in [-0.2, 0) is 0 Å². The second kappa shape index (κ2) is 1.70. The van der Waals surface area contributed by atoms with Crippen LogP contribution < -0.4 is 0 Å². The maximum Gasteiger partial charge on any atom is 0.163 e. The summed E-state index contributed by atoms with van der Waals surface area (Å²) in [6.07, 6.45) is 5.79. The quantitative estimate of drug-likeness (QED) is 0.578. The Hall–Kier alpha value is -1.58. The van der Waals surface area contributed by atoms with E-state index in [0.717, 1.165) is 6.29 Å².